The number of pyridine rings is 2. The molecule has 0 unspecified atom stereocenters. The third-order valence-corrected chi connectivity index (χ3v) is 13.9. The van der Waals surface area contributed by atoms with Gasteiger partial charge in [-0.1, -0.05) is 74.5 Å². The van der Waals surface area contributed by atoms with E-state index in [-0.39, 0.29) is 72.1 Å². The number of aliphatic hydroxyl groups excluding tert-OH is 2. The molecule has 0 radical (unpaired) electrons. The Labute approximate surface area is 387 Å². The number of benzene rings is 2. The van der Waals surface area contributed by atoms with Crippen molar-refractivity contribution in [3.05, 3.63) is 139 Å². The number of hydrogen-bond acceptors (Lipinski definition) is 10. The molecule has 4 aromatic rings. The first kappa shape index (κ1) is 48.1. The van der Waals surface area contributed by atoms with Gasteiger partial charge in [-0.3, -0.25) is 29.0 Å². The molecule has 2 aromatic heterocycles. The SMILES string of the molecule is C/C=C/c1ccc2n(c1=O)C[C@H]1[C@H](CO)[C@@H](C(=O)NCCC)[C@@H]2N1Cc1ccccc1OC.C/C=C\c1ccc2n(c1=O)C[C@H]1[C@H](CO)[C@@H](C(=O)NCCC)[C@@H]2N1Cc1ccccc1OC. The molecule has 4 aliphatic heterocycles. The Hall–Kier alpha value is -5.80. The number of carbonyl (C=O) groups is 2. The molecule has 4 aliphatic rings. The Kier molecular flexibility index (Phi) is 15.8. The number of amides is 2. The van der Waals surface area contributed by atoms with E-state index < -0.39 is 11.8 Å². The molecule has 14 heteroatoms. The van der Waals surface area contributed by atoms with E-state index in [2.05, 4.69) is 20.4 Å². The van der Waals surface area contributed by atoms with Gasteiger partial charge in [0.05, 0.1) is 38.1 Å². The predicted octanol–water partition coefficient (Wildman–Crippen LogP) is 5.16. The van der Waals surface area contributed by atoms with E-state index in [1.165, 1.54) is 0 Å². The summed E-state index contributed by atoms with van der Waals surface area (Å²) in [5.74, 6) is 0.0198. The van der Waals surface area contributed by atoms with Crippen LogP contribution in [0.3, 0.4) is 0 Å². The highest BCUT2D eigenvalue weighted by Gasteiger charge is 2.57. The molecule has 6 heterocycles. The summed E-state index contributed by atoms with van der Waals surface area (Å²) in [6, 6.07) is 22.4. The van der Waals surface area contributed by atoms with Crippen LogP contribution in [0.1, 0.15) is 86.3 Å². The molecule has 2 fully saturated rings. The number of aromatic nitrogens is 2. The second-order valence-corrected chi connectivity index (χ2v) is 17.6. The molecule has 4 bridgehead atoms. The molecule has 4 N–H and O–H groups in total. The van der Waals surface area contributed by atoms with Crippen molar-refractivity contribution in [3.8, 4) is 11.5 Å². The predicted molar refractivity (Wildman–Crippen MR) is 256 cm³/mol. The van der Waals surface area contributed by atoms with E-state index in [0.717, 1.165) is 46.9 Å². The molecule has 352 valence electrons. The quantitative estimate of drug-likeness (QED) is 0.118. The number of fused-ring (bicyclic) bond motifs is 8. The van der Waals surface area contributed by atoms with Crippen LogP contribution in [0, 0.1) is 23.7 Å². The van der Waals surface area contributed by atoms with Gasteiger partial charge in [0, 0.05) is 110 Å². The lowest BCUT2D eigenvalue weighted by Crippen LogP contribution is -2.46. The van der Waals surface area contributed by atoms with E-state index in [0.29, 0.717) is 50.4 Å². The number of methoxy groups -OCH3 is 2. The summed E-state index contributed by atoms with van der Waals surface area (Å²) in [4.78, 5) is 57.7. The van der Waals surface area contributed by atoms with Gasteiger partial charge in [-0.05, 0) is 63.1 Å². The van der Waals surface area contributed by atoms with Gasteiger partial charge in [0.15, 0.2) is 0 Å². The third-order valence-electron chi connectivity index (χ3n) is 13.9. The summed E-state index contributed by atoms with van der Waals surface area (Å²) in [5, 5.41) is 26.9. The van der Waals surface area contributed by atoms with Gasteiger partial charge < -0.3 is 39.5 Å². The lowest BCUT2D eigenvalue weighted by atomic mass is 9.86. The van der Waals surface area contributed by atoms with Crippen molar-refractivity contribution >= 4 is 24.0 Å². The van der Waals surface area contributed by atoms with Crippen LogP contribution < -0.4 is 31.2 Å². The maximum absolute atomic E-state index is 13.3. The third kappa shape index (κ3) is 9.16. The lowest BCUT2D eigenvalue weighted by Gasteiger charge is -2.38. The maximum atomic E-state index is 13.3. The fraction of sp³-hybridized carbons (Fsp3) is 0.462. The van der Waals surface area contributed by atoms with Gasteiger partial charge in [0.1, 0.15) is 11.5 Å². The van der Waals surface area contributed by atoms with Crippen LogP contribution in [0.4, 0.5) is 0 Å². The minimum atomic E-state index is -0.443. The van der Waals surface area contributed by atoms with Crippen molar-refractivity contribution in [3.63, 3.8) is 0 Å². The molecule has 66 heavy (non-hydrogen) atoms. The lowest BCUT2D eigenvalue weighted by molar-refractivity contribution is -0.128. The fourth-order valence-corrected chi connectivity index (χ4v) is 10.9. The first-order valence-corrected chi connectivity index (χ1v) is 23.4. The largest absolute Gasteiger partial charge is 0.496 e. The van der Waals surface area contributed by atoms with Crippen LogP contribution in [0.15, 0.2) is 94.5 Å². The minimum absolute atomic E-state index is 0.0520. The monoisotopic (exact) mass is 902 g/mol. The van der Waals surface area contributed by atoms with Gasteiger partial charge in [-0.2, -0.15) is 0 Å². The van der Waals surface area contributed by atoms with Crippen LogP contribution in [0.2, 0.25) is 0 Å². The van der Waals surface area contributed by atoms with Crippen molar-refractivity contribution in [1.82, 2.24) is 29.6 Å². The van der Waals surface area contributed by atoms with Crippen molar-refractivity contribution in [2.24, 2.45) is 23.7 Å². The second-order valence-electron chi connectivity index (χ2n) is 17.6. The molecule has 8 rings (SSSR count). The standard InChI is InChI=1S/2C26H33N3O4/c2*1-4-8-17-11-12-20-24-23(25(31)27-13-5-2)19(16-30)21(15-29(20)26(17)32)28(24)14-18-9-6-7-10-22(18)33-3/h2*4,6-12,19,21,23-24,30H,5,13-16H2,1-3H3,(H,27,31)/b8-4+;8-4-/t2*19-,21-,23+,24+/m00/s1. The number of allylic oxidation sites excluding steroid dienone is 2. The molecule has 0 aliphatic carbocycles. The van der Waals surface area contributed by atoms with Crippen LogP contribution in [0.25, 0.3) is 12.2 Å². The smallest absolute Gasteiger partial charge is 0.258 e. The molecule has 2 saturated heterocycles. The van der Waals surface area contributed by atoms with Gasteiger partial charge in [0.2, 0.25) is 11.8 Å². The molecule has 2 aromatic carbocycles. The average Bonchev–Trinajstić information content (AvgIpc) is 3.67. The normalized spacial score (nSPS) is 24.1. The topological polar surface area (TPSA) is 168 Å². The Morgan fingerprint density at radius 3 is 1.38 bits per heavy atom. The molecule has 0 saturated carbocycles. The van der Waals surface area contributed by atoms with E-state index in [4.69, 9.17) is 9.47 Å². The van der Waals surface area contributed by atoms with Gasteiger partial charge in [0.25, 0.3) is 11.1 Å². The highest BCUT2D eigenvalue weighted by atomic mass is 16.5. The summed E-state index contributed by atoms with van der Waals surface area (Å²) in [5.41, 5.74) is 4.84. The number of hydrogen-bond donors (Lipinski definition) is 4. The first-order valence-electron chi connectivity index (χ1n) is 23.4. The summed E-state index contributed by atoms with van der Waals surface area (Å²) < 4.78 is 14.8. The Morgan fingerprint density at radius 1 is 0.636 bits per heavy atom. The van der Waals surface area contributed by atoms with Crippen LogP contribution in [-0.2, 0) is 35.8 Å². The van der Waals surface area contributed by atoms with E-state index in [1.807, 2.05) is 125 Å². The number of nitrogens with one attached hydrogen (secondary N) is 2. The van der Waals surface area contributed by atoms with E-state index in [9.17, 15) is 29.4 Å². The molecule has 14 nitrogen and oxygen atoms in total. The van der Waals surface area contributed by atoms with Crippen LogP contribution >= 0.6 is 0 Å². The highest BCUT2D eigenvalue weighted by molar-refractivity contribution is 5.81. The molecular formula is C52H66N6O8. The Morgan fingerprint density at radius 2 is 1.03 bits per heavy atom. The fourth-order valence-electron chi connectivity index (χ4n) is 10.9. The van der Waals surface area contributed by atoms with Gasteiger partial charge in [-0.15, -0.1) is 0 Å². The molecular weight excluding hydrogens is 837 g/mol. The first-order chi connectivity index (χ1) is 32.1. The van der Waals surface area contributed by atoms with Crippen molar-refractivity contribution < 1.29 is 29.3 Å². The van der Waals surface area contributed by atoms with E-state index >= 15 is 0 Å². The number of aliphatic hydroxyl groups is 2. The summed E-state index contributed by atoms with van der Waals surface area (Å²) in [6.45, 7) is 10.8. The zero-order chi connectivity index (χ0) is 47.1. The zero-order valence-corrected chi connectivity index (χ0v) is 39.1. The van der Waals surface area contributed by atoms with Crippen molar-refractivity contribution in [2.45, 2.75) is 90.9 Å². The molecule has 8 atom stereocenters. The van der Waals surface area contributed by atoms with Crippen LogP contribution in [-0.4, -0.2) is 93.6 Å². The number of carbonyl (C=O) groups excluding carboxylic acids is 2. The van der Waals surface area contributed by atoms with Gasteiger partial charge >= 0.3 is 0 Å². The highest BCUT2D eigenvalue weighted by Crippen LogP contribution is 2.51. The maximum Gasteiger partial charge on any atom is 0.258 e. The molecule has 2 amide bonds. The van der Waals surface area contributed by atoms with Crippen LogP contribution in [0.5, 0.6) is 11.5 Å². The Balaban J connectivity index is 0.000000196. The number of rotatable bonds is 16. The molecule has 0 spiro atoms. The second kappa shape index (κ2) is 21.7. The average molecular weight is 903 g/mol. The number of para-hydroxylation sites is 2. The number of ether oxygens (including phenoxy) is 2. The van der Waals surface area contributed by atoms with Gasteiger partial charge in [-0.25, -0.2) is 0 Å². The summed E-state index contributed by atoms with van der Waals surface area (Å²) >= 11 is 0. The van der Waals surface area contributed by atoms with Crippen molar-refractivity contribution in [1.29, 1.82) is 0 Å². The summed E-state index contributed by atoms with van der Waals surface area (Å²) in [6.07, 6.45) is 9.01. The number of nitrogens with zero attached hydrogens (tertiary/aromatic N) is 4. The van der Waals surface area contributed by atoms with E-state index in [1.54, 1.807) is 23.4 Å². The van der Waals surface area contributed by atoms with Crippen molar-refractivity contribution in [2.75, 3.05) is 40.5 Å². The summed E-state index contributed by atoms with van der Waals surface area (Å²) in [7, 11) is 3.30. The Bertz CT molecular complexity index is 2360. The minimum Gasteiger partial charge on any atom is -0.496 e. The zero-order valence-electron chi connectivity index (χ0n) is 39.1.